The Hall–Kier alpha value is -1.75. The van der Waals surface area contributed by atoms with E-state index in [0.717, 1.165) is 24.9 Å². The standard InChI is InChI=1S/C16H23NO4/c1-3-5-8-17(4-2)15(16(18)19)12-6-7-13-14(11-12)21-10-9-20-13/h6-7,11,15H,3-5,8-10H2,1-2H3,(H,18,19). The first-order chi connectivity index (χ1) is 10.2. The topological polar surface area (TPSA) is 59.0 Å². The van der Waals surface area contributed by atoms with Crippen LogP contribution in [0, 0.1) is 0 Å². The van der Waals surface area contributed by atoms with Crippen LogP contribution in [0.25, 0.3) is 0 Å². The van der Waals surface area contributed by atoms with Crippen molar-refractivity contribution < 1.29 is 19.4 Å². The van der Waals surface area contributed by atoms with Crippen LogP contribution in [-0.2, 0) is 4.79 Å². The molecule has 1 aliphatic rings. The molecular weight excluding hydrogens is 270 g/mol. The summed E-state index contributed by atoms with van der Waals surface area (Å²) in [6, 6.07) is 4.77. The molecule has 0 spiro atoms. The van der Waals surface area contributed by atoms with Crippen LogP contribution in [-0.4, -0.2) is 42.3 Å². The van der Waals surface area contributed by atoms with Crippen molar-refractivity contribution in [2.24, 2.45) is 0 Å². The fourth-order valence-electron chi connectivity index (χ4n) is 2.57. The average Bonchev–Trinajstić information content (AvgIpc) is 2.50. The predicted octanol–water partition coefficient (Wildman–Crippen LogP) is 2.71. The summed E-state index contributed by atoms with van der Waals surface area (Å²) < 4.78 is 11.0. The van der Waals surface area contributed by atoms with Crippen LogP contribution >= 0.6 is 0 Å². The van der Waals surface area contributed by atoms with Gasteiger partial charge >= 0.3 is 5.97 Å². The first-order valence-corrected chi connectivity index (χ1v) is 7.53. The average molecular weight is 293 g/mol. The van der Waals surface area contributed by atoms with E-state index >= 15 is 0 Å². The summed E-state index contributed by atoms with van der Waals surface area (Å²) in [6.45, 7) is 6.61. The number of carboxylic acids is 1. The lowest BCUT2D eigenvalue weighted by Crippen LogP contribution is -2.35. The number of fused-ring (bicyclic) bond motifs is 1. The number of ether oxygens (including phenoxy) is 2. The van der Waals surface area contributed by atoms with Crippen molar-refractivity contribution in [1.82, 2.24) is 4.90 Å². The number of hydrogen-bond acceptors (Lipinski definition) is 4. The zero-order valence-electron chi connectivity index (χ0n) is 12.7. The van der Waals surface area contributed by atoms with Crippen LogP contribution < -0.4 is 9.47 Å². The van der Waals surface area contributed by atoms with Gasteiger partial charge in [0.1, 0.15) is 19.3 Å². The van der Waals surface area contributed by atoms with Gasteiger partial charge in [0.15, 0.2) is 11.5 Å². The summed E-state index contributed by atoms with van der Waals surface area (Å²) >= 11 is 0. The zero-order chi connectivity index (χ0) is 15.2. The summed E-state index contributed by atoms with van der Waals surface area (Å²) in [7, 11) is 0. The fourth-order valence-corrected chi connectivity index (χ4v) is 2.57. The monoisotopic (exact) mass is 293 g/mol. The first-order valence-electron chi connectivity index (χ1n) is 7.53. The van der Waals surface area contributed by atoms with E-state index in [-0.39, 0.29) is 0 Å². The summed E-state index contributed by atoms with van der Waals surface area (Å²) in [5.41, 5.74) is 0.740. The highest BCUT2D eigenvalue weighted by Crippen LogP contribution is 2.34. The summed E-state index contributed by atoms with van der Waals surface area (Å²) in [5.74, 6) is 0.493. The molecule has 0 fully saturated rings. The van der Waals surface area contributed by atoms with Crippen LogP contribution in [0.5, 0.6) is 11.5 Å². The van der Waals surface area contributed by atoms with Gasteiger partial charge in [-0.3, -0.25) is 9.69 Å². The number of unbranched alkanes of at least 4 members (excludes halogenated alkanes) is 1. The highest BCUT2D eigenvalue weighted by atomic mass is 16.6. The quantitative estimate of drug-likeness (QED) is 0.837. The normalized spacial score (nSPS) is 15.0. The molecule has 1 atom stereocenters. The van der Waals surface area contributed by atoms with Gasteiger partial charge < -0.3 is 14.6 Å². The molecule has 116 valence electrons. The molecule has 1 aromatic rings. The SMILES string of the molecule is CCCCN(CC)C(C(=O)O)c1ccc2c(c1)OCCO2. The third kappa shape index (κ3) is 3.67. The number of aliphatic carboxylic acids is 1. The Morgan fingerprint density at radius 3 is 2.62 bits per heavy atom. The molecule has 0 saturated heterocycles. The summed E-state index contributed by atoms with van der Waals surface area (Å²) in [4.78, 5) is 13.7. The van der Waals surface area contributed by atoms with Crippen LogP contribution in [0.1, 0.15) is 38.3 Å². The Morgan fingerprint density at radius 2 is 2.00 bits per heavy atom. The van der Waals surface area contributed by atoms with E-state index in [2.05, 4.69) is 6.92 Å². The third-order valence-electron chi connectivity index (χ3n) is 3.69. The van der Waals surface area contributed by atoms with E-state index < -0.39 is 12.0 Å². The van der Waals surface area contributed by atoms with E-state index in [1.165, 1.54) is 0 Å². The van der Waals surface area contributed by atoms with Crippen LogP contribution in [0.15, 0.2) is 18.2 Å². The van der Waals surface area contributed by atoms with E-state index in [1.54, 1.807) is 12.1 Å². The Labute approximate surface area is 125 Å². The Balaban J connectivity index is 2.26. The molecule has 0 amide bonds. The molecule has 0 aliphatic carbocycles. The molecule has 1 unspecified atom stereocenters. The van der Waals surface area contributed by atoms with E-state index in [0.29, 0.717) is 31.3 Å². The maximum Gasteiger partial charge on any atom is 0.325 e. The van der Waals surface area contributed by atoms with E-state index in [1.807, 2.05) is 17.9 Å². The third-order valence-corrected chi connectivity index (χ3v) is 3.69. The zero-order valence-corrected chi connectivity index (χ0v) is 12.7. The summed E-state index contributed by atoms with van der Waals surface area (Å²) in [5, 5.41) is 9.62. The largest absolute Gasteiger partial charge is 0.486 e. The maximum absolute atomic E-state index is 11.7. The molecule has 0 radical (unpaired) electrons. The van der Waals surface area contributed by atoms with Crippen molar-refractivity contribution >= 4 is 5.97 Å². The van der Waals surface area contributed by atoms with Gasteiger partial charge in [-0.05, 0) is 37.2 Å². The molecule has 1 aromatic carbocycles. The molecule has 1 aliphatic heterocycles. The highest BCUT2D eigenvalue weighted by molar-refractivity contribution is 5.76. The molecule has 0 bridgehead atoms. The Bertz CT molecular complexity index is 489. The van der Waals surface area contributed by atoms with Crippen molar-refractivity contribution in [3.05, 3.63) is 23.8 Å². The lowest BCUT2D eigenvalue weighted by molar-refractivity contribution is -0.143. The second-order valence-electron chi connectivity index (χ2n) is 5.13. The Morgan fingerprint density at radius 1 is 1.29 bits per heavy atom. The predicted molar refractivity (Wildman–Crippen MR) is 80.0 cm³/mol. The van der Waals surface area contributed by atoms with Crippen molar-refractivity contribution in [2.45, 2.75) is 32.7 Å². The lowest BCUT2D eigenvalue weighted by atomic mass is 10.0. The van der Waals surface area contributed by atoms with Crippen LogP contribution in [0.4, 0.5) is 0 Å². The molecule has 1 N–H and O–H groups in total. The van der Waals surface area contributed by atoms with Crippen molar-refractivity contribution in [2.75, 3.05) is 26.3 Å². The molecule has 5 heteroatoms. The van der Waals surface area contributed by atoms with Gasteiger partial charge in [0.05, 0.1) is 0 Å². The van der Waals surface area contributed by atoms with Crippen LogP contribution in [0.2, 0.25) is 0 Å². The maximum atomic E-state index is 11.7. The second kappa shape index (κ2) is 7.31. The minimum atomic E-state index is -0.829. The van der Waals surface area contributed by atoms with E-state index in [4.69, 9.17) is 9.47 Å². The van der Waals surface area contributed by atoms with Gasteiger partial charge in [-0.1, -0.05) is 26.3 Å². The molecule has 5 nitrogen and oxygen atoms in total. The minimum absolute atomic E-state index is 0.502. The number of carboxylic acid groups (broad SMARTS) is 1. The van der Waals surface area contributed by atoms with Gasteiger partial charge in [-0.2, -0.15) is 0 Å². The van der Waals surface area contributed by atoms with Crippen LogP contribution in [0.3, 0.4) is 0 Å². The Kier molecular flexibility index (Phi) is 5.44. The summed E-state index contributed by atoms with van der Waals surface area (Å²) in [6.07, 6.45) is 2.03. The number of carbonyl (C=O) groups is 1. The molecule has 0 aromatic heterocycles. The number of rotatable bonds is 7. The smallest absolute Gasteiger partial charge is 0.325 e. The highest BCUT2D eigenvalue weighted by Gasteiger charge is 2.27. The number of nitrogens with zero attached hydrogens (tertiary/aromatic N) is 1. The van der Waals surface area contributed by atoms with Gasteiger partial charge in [0.2, 0.25) is 0 Å². The number of hydrogen-bond donors (Lipinski definition) is 1. The number of likely N-dealkylation sites (N-methyl/N-ethyl adjacent to an activating group) is 1. The van der Waals surface area contributed by atoms with Gasteiger partial charge in [-0.15, -0.1) is 0 Å². The van der Waals surface area contributed by atoms with Crippen molar-refractivity contribution in [3.8, 4) is 11.5 Å². The van der Waals surface area contributed by atoms with E-state index in [9.17, 15) is 9.90 Å². The first kappa shape index (κ1) is 15.6. The molecular formula is C16H23NO4. The molecule has 2 rings (SSSR count). The van der Waals surface area contributed by atoms with Gasteiger partial charge in [0, 0.05) is 0 Å². The molecule has 21 heavy (non-hydrogen) atoms. The lowest BCUT2D eigenvalue weighted by Gasteiger charge is -2.28. The van der Waals surface area contributed by atoms with Gasteiger partial charge in [0.25, 0.3) is 0 Å². The number of benzene rings is 1. The van der Waals surface area contributed by atoms with Gasteiger partial charge in [-0.25, -0.2) is 0 Å². The van der Waals surface area contributed by atoms with Crippen molar-refractivity contribution in [3.63, 3.8) is 0 Å². The fraction of sp³-hybridized carbons (Fsp3) is 0.562. The molecule has 0 saturated carbocycles. The second-order valence-corrected chi connectivity index (χ2v) is 5.13. The minimum Gasteiger partial charge on any atom is -0.486 e. The van der Waals surface area contributed by atoms with Crippen molar-refractivity contribution in [1.29, 1.82) is 0 Å². The molecule has 1 heterocycles.